The smallest absolute Gasteiger partial charge is 0.305 e. The van der Waals surface area contributed by atoms with Crippen LogP contribution < -0.4 is 5.32 Å². The van der Waals surface area contributed by atoms with Crippen LogP contribution in [0.15, 0.2) is 36.5 Å². The molecule has 0 rings (SSSR count). The number of rotatable bonds is 68. The molecule has 0 aromatic rings. The zero-order valence-corrected chi connectivity index (χ0v) is 54.1. The summed E-state index contributed by atoms with van der Waals surface area (Å²) in [4.78, 5) is 24.6. The van der Waals surface area contributed by atoms with Crippen LogP contribution >= 0.6 is 0 Å². The molecule has 2 unspecified atom stereocenters. The average Bonchev–Trinajstić information content (AvgIpc) is 3.46. The highest BCUT2D eigenvalue weighted by Crippen LogP contribution is 2.19. The summed E-state index contributed by atoms with van der Waals surface area (Å²) in [5, 5.41) is 23.4. The Balaban J connectivity index is 3.39. The van der Waals surface area contributed by atoms with Crippen LogP contribution in [-0.2, 0) is 14.3 Å². The third kappa shape index (κ3) is 65.2. The average molecular weight is 1120 g/mol. The molecule has 6 nitrogen and oxygen atoms in total. The highest BCUT2D eigenvalue weighted by molar-refractivity contribution is 5.76. The van der Waals surface area contributed by atoms with Crippen LogP contribution in [0.4, 0.5) is 0 Å². The summed E-state index contributed by atoms with van der Waals surface area (Å²) in [7, 11) is 0. The molecule has 0 aromatic carbocycles. The maximum atomic E-state index is 12.5. The Morgan fingerprint density at radius 3 is 0.963 bits per heavy atom. The monoisotopic (exact) mass is 1120 g/mol. The van der Waals surface area contributed by atoms with Gasteiger partial charge >= 0.3 is 5.97 Å². The number of nitrogens with one attached hydrogen (secondary N) is 1. The second-order valence-electron chi connectivity index (χ2n) is 24.9. The fraction of sp³-hybridized carbons (Fsp3) is 0.892. The molecule has 0 aliphatic heterocycles. The van der Waals surface area contributed by atoms with Crippen LogP contribution in [0.25, 0.3) is 0 Å². The van der Waals surface area contributed by atoms with Gasteiger partial charge in [-0.1, -0.05) is 339 Å². The molecule has 0 saturated carbocycles. The lowest BCUT2D eigenvalue weighted by molar-refractivity contribution is -0.143. The van der Waals surface area contributed by atoms with Gasteiger partial charge in [-0.2, -0.15) is 0 Å². The number of esters is 1. The van der Waals surface area contributed by atoms with Crippen molar-refractivity contribution in [3.05, 3.63) is 36.5 Å². The Morgan fingerprint density at radius 2 is 0.625 bits per heavy atom. The summed E-state index contributed by atoms with van der Waals surface area (Å²) in [6.07, 6.45) is 89.1. The van der Waals surface area contributed by atoms with Crippen molar-refractivity contribution in [2.45, 2.75) is 411 Å². The van der Waals surface area contributed by atoms with Crippen molar-refractivity contribution in [2.24, 2.45) is 0 Å². The van der Waals surface area contributed by atoms with Crippen LogP contribution in [0.2, 0.25) is 0 Å². The van der Waals surface area contributed by atoms with E-state index in [1.54, 1.807) is 0 Å². The molecule has 80 heavy (non-hydrogen) atoms. The second-order valence-corrected chi connectivity index (χ2v) is 24.9. The van der Waals surface area contributed by atoms with Crippen molar-refractivity contribution in [2.75, 3.05) is 13.2 Å². The van der Waals surface area contributed by atoms with E-state index in [1.807, 2.05) is 0 Å². The van der Waals surface area contributed by atoms with Crippen LogP contribution in [-0.4, -0.2) is 47.4 Å². The maximum Gasteiger partial charge on any atom is 0.305 e. The van der Waals surface area contributed by atoms with Gasteiger partial charge in [0, 0.05) is 12.8 Å². The molecule has 1 amide bonds. The Hall–Kier alpha value is -1.92. The minimum Gasteiger partial charge on any atom is -0.466 e. The third-order valence-corrected chi connectivity index (χ3v) is 16.9. The Labute approximate surface area is 500 Å². The Kier molecular flexibility index (Phi) is 67.9. The largest absolute Gasteiger partial charge is 0.466 e. The first-order valence-corrected chi connectivity index (χ1v) is 36.2. The first-order chi connectivity index (χ1) is 39.5. The molecule has 0 fully saturated rings. The molecular formula is C74H141NO5. The van der Waals surface area contributed by atoms with Crippen LogP contribution in [0.5, 0.6) is 0 Å². The normalized spacial score (nSPS) is 12.7. The van der Waals surface area contributed by atoms with Crippen LogP contribution in [0, 0.1) is 0 Å². The lowest BCUT2D eigenvalue weighted by Gasteiger charge is -2.22. The highest BCUT2D eigenvalue weighted by Gasteiger charge is 2.20. The van der Waals surface area contributed by atoms with Crippen molar-refractivity contribution >= 4 is 11.9 Å². The van der Waals surface area contributed by atoms with E-state index in [-0.39, 0.29) is 18.5 Å². The van der Waals surface area contributed by atoms with Gasteiger partial charge in [0.2, 0.25) is 5.91 Å². The summed E-state index contributed by atoms with van der Waals surface area (Å²) in [5.41, 5.74) is 0. The minimum atomic E-state index is -0.664. The van der Waals surface area contributed by atoms with Gasteiger partial charge in [-0.25, -0.2) is 0 Å². The number of amides is 1. The first kappa shape index (κ1) is 78.1. The lowest BCUT2D eigenvalue weighted by atomic mass is 10.0. The summed E-state index contributed by atoms with van der Waals surface area (Å²) >= 11 is 0. The number of hydrogen-bond donors (Lipinski definition) is 3. The van der Waals surface area contributed by atoms with Crippen molar-refractivity contribution in [3.8, 4) is 0 Å². The molecule has 0 heterocycles. The fourth-order valence-corrected chi connectivity index (χ4v) is 11.4. The van der Waals surface area contributed by atoms with Crippen molar-refractivity contribution in [1.29, 1.82) is 0 Å². The number of carbonyl (C=O) groups is 2. The predicted octanol–water partition coefficient (Wildman–Crippen LogP) is 23.5. The molecule has 0 aliphatic rings. The third-order valence-electron chi connectivity index (χ3n) is 16.9. The van der Waals surface area contributed by atoms with Gasteiger partial charge in [-0.15, -0.1) is 0 Å². The number of aliphatic hydroxyl groups excluding tert-OH is 2. The SMILES string of the molecule is CCCCCCCCC/C=C\CCCCCCCC(=O)OCCCCCCCCCCC/C=C\C/C=C\CCCCCCCCCCCCCCCCCC(=O)NC(CO)C(O)CCCCCCCCCCCCCCCCCC. The molecule has 0 aromatic heterocycles. The number of carbonyl (C=O) groups excluding carboxylic acids is 2. The summed E-state index contributed by atoms with van der Waals surface area (Å²) in [6, 6.07) is -0.541. The van der Waals surface area contributed by atoms with Gasteiger partial charge in [0.15, 0.2) is 0 Å². The lowest BCUT2D eigenvalue weighted by Crippen LogP contribution is -2.45. The summed E-state index contributed by atoms with van der Waals surface area (Å²) in [5.74, 6) is -0.0252. The predicted molar refractivity (Wildman–Crippen MR) is 352 cm³/mol. The van der Waals surface area contributed by atoms with E-state index < -0.39 is 12.1 Å². The van der Waals surface area contributed by atoms with E-state index in [4.69, 9.17) is 4.74 Å². The molecule has 2 atom stereocenters. The number of allylic oxidation sites excluding steroid dienone is 6. The molecule has 0 saturated heterocycles. The number of ether oxygens (including phenoxy) is 1. The van der Waals surface area contributed by atoms with Crippen LogP contribution in [0.1, 0.15) is 399 Å². The number of aliphatic hydroxyl groups is 2. The van der Waals surface area contributed by atoms with Crippen molar-refractivity contribution < 1.29 is 24.5 Å². The molecule has 472 valence electrons. The number of unbranched alkanes of at least 4 members (excludes halogenated alkanes) is 51. The molecule has 0 radical (unpaired) electrons. The number of hydrogen-bond acceptors (Lipinski definition) is 5. The van der Waals surface area contributed by atoms with Crippen molar-refractivity contribution in [3.63, 3.8) is 0 Å². The summed E-state index contributed by atoms with van der Waals surface area (Å²) < 4.78 is 5.49. The molecule has 0 aliphatic carbocycles. The van der Waals surface area contributed by atoms with Gasteiger partial charge in [0.1, 0.15) is 0 Å². The van der Waals surface area contributed by atoms with E-state index in [9.17, 15) is 19.8 Å². The second kappa shape index (κ2) is 69.6. The minimum absolute atomic E-state index is 0.00627. The van der Waals surface area contributed by atoms with Gasteiger partial charge in [0.25, 0.3) is 0 Å². The standard InChI is InChI=1S/C74H141NO5/c1-3-5-7-9-11-13-15-17-19-38-42-46-50-54-58-62-66-72(77)71(70-76)75-73(78)67-63-59-55-51-47-43-39-36-34-32-30-28-26-24-22-21-23-25-27-29-31-33-35-37-41-45-49-53-57-61-65-69-80-74(79)68-64-60-56-52-48-44-40-20-18-16-14-12-10-8-6-4-2/h20,23,25,29,31,40,71-72,76-77H,3-19,21-22,24,26-28,30,32-39,41-70H2,1-2H3,(H,75,78)/b25-23-,31-29-,40-20-. The molecular weight excluding hydrogens is 983 g/mol. The molecule has 6 heteroatoms. The van der Waals surface area contributed by atoms with Crippen LogP contribution in [0.3, 0.4) is 0 Å². The van der Waals surface area contributed by atoms with E-state index in [0.29, 0.717) is 25.9 Å². The molecule has 3 N–H and O–H groups in total. The zero-order chi connectivity index (χ0) is 57.8. The van der Waals surface area contributed by atoms with Gasteiger partial charge in [-0.05, 0) is 83.5 Å². The van der Waals surface area contributed by atoms with Crippen molar-refractivity contribution in [1.82, 2.24) is 5.32 Å². The van der Waals surface area contributed by atoms with E-state index in [2.05, 4.69) is 55.6 Å². The fourth-order valence-electron chi connectivity index (χ4n) is 11.4. The Bertz CT molecular complexity index is 1300. The van der Waals surface area contributed by atoms with Gasteiger partial charge < -0.3 is 20.3 Å². The Morgan fingerprint density at radius 1 is 0.350 bits per heavy atom. The quantitative estimate of drug-likeness (QED) is 0.0320. The van der Waals surface area contributed by atoms with E-state index in [0.717, 1.165) is 51.4 Å². The molecule has 0 spiro atoms. The first-order valence-electron chi connectivity index (χ1n) is 36.2. The zero-order valence-electron chi connectivity index (χ0n) is 54.1. The maximum absolute atomic E-state index is 12.5. The van der Waals surface area contributed by atoms with Gasteiger partial charge in [0.05, 0.1) is 25.4 Å². The van der Waals surface area contributed by atoms with Gasteiger partial charge in [-0.3, -0.25) is 9.59 Å². The summed E-state index contributed by atoms with van der Waals surface area (Å²) in [6.45, 7) is 4.98. The highest BCUT2D eigenvalue weighted by atomic mass is 16.5. The topological polar surface area (TPSA) is 95.9 Å². The van der Waals surface area contributed by atoms with E-state index >= 15 is 0 Å². The van der Waals surface area contributed by atoms with E-state index in [1.165, 1.54) is 315 Å². The molecule has 0 bridgehead atoms.